The van der Waals surface area contributed by atoms with Crippen LogP contribution in [0.4, 0.5) is 35.0 Å². The van der Waals surface area contributed by atoms with Gasteiger partial charge in [-0.2, -0.15) is 13.2 Å². The fraction of sp³-hybridized carbons (Fsp3) is 0.500. The first-order valence-electron chi connectivity index (χ1n) is 9.29. The molecule has 2 aliphatic rings. The van der Waals surface area contributed by atoms with Crippen LogP contribution in [0.3, 0.4) is 0 Å². The van der Waals surface area contributed by atoms with Gasteiger partial charge in [-0.15, -0.1) is 0 Å². The van der Waals surface area contributed by atoms with Gasteiger partial charge in [0.15, 0.2) is 11.6 Å². The first-order chi connectivity index (χ1) is 13.9. The van der Waals surface area contributed by atoms with E-state index in [2.05, 4.69) is 19.9 Å². The molecule has 0 bridgehead atoms. The minimum absolute atomic E-state index is 0.0608. The van der Waals surface area contributed by atoms with Crippen LogP contribution in [0.15, 0.2) is 24.7 Å². The van der Waals surface area contributed by atoms with Gasteiger partial charge in [-0.05, 0) is 6.07 Å². The molecule has 0 aromatic carbocycles. The summed E-state index contributed by atoms with van der Waals surface area (Å²) in [5, 5.41) is 0. The van der Waals surface area contributed by atoms with E-state index >= 15 is 0 Å². The Labute approximate surface area is 164 Å². The van der Waals surface area contributed by atoms with E-state index in [-0.39, 0.29) is 5.82 Å². The summed E-state index contributed by atoms with van der Waals surface area (Å²) in [6.45, 7) is 4.78. The maximum atomic E-state index is 14.2. The van der Waals surface area contributed by atoms with E-state index in [0.717, 1.165) is 24.7 Å². The molecule has 11 heteroatoms. The van der Waals surface area contributed by atoms with Crippen molar-refractivity contribution in [1.29, 1.82) is 0 Å². The molecule has 29 heavy (non-hydrogen) atoms. The molecular formula is C18H20F4N6O. The lowest BCUT2D eigenvalue weighted by atomic mass is 10.2. The van der Waals surface area contributed by atoms with E-state index in [9.17, 15) is 17.6 Å². The third-order valence-electron chi connectivity index (χ3n) is 5.03. The van der Waals surface area contributed by atoms with Gasteiger partial charge in [-0.25, -0.2) is 19.3 Å². The van der Waals surface area contributed by atoms with Crippen LogP contribution >= 0.6 is 0 Å². The van der Waals surface area contributed by atoms with Crippen molar-refractivity contribution in [3.63, 3.8) is 0 Å². The Kier molecular flexibility index (Phi) is 5.39. The molecule has 0 aliphatic carbocycles. The quantitative estimate of drug-likeness (QED) is 0.717. The van der Waals surface area contributed by atoms with Gasteiger partial charge >= 0.3 is 6.18 Å². The number of nitrogens with zero attached hydrogens (tertiary/aromatic N) is 6. The van der Waals surface area contributed by atoms with Crippen molar-refractivity contribution in [2.75, 3.05) is 67.2 Å². The smallest absolute Gasteiger partial charge is 0.378 e. The second-order valence-corrected chi connectivity index (χ2v) is 6.84. The second-order valence-electron chi connectivity index (χ2n) is 6.84. The maximum Gasteiger partial charge on any atom is 0.417 e. The highest BCUT2D eigenvalue weighted by Crippen LogP contribution is 2.31. The van der Waals surface area contributed by atoms with Crippen molar-refractivity contribution < 1.29 is 22.3 Å². The minimum Gasteiger partial charge on any atom is -0.378 e. The van der Waals surface area contributed by atoms with Crippen LogP contribution in [-0.2, 0) is 10.9 Å². The molecule has 0 atom stereocenters. The van der Waals surface area contributed by atoms with Crippen LogP contribution in [0.5, 0.6) is 0 Å². The summed E-state index contributed by atoms with van der Waals surface area (Å²) >= 11 is 0. The number of pyridine rings is 1. The number of hydrogen-bond acceptors (Lipinski definition) is 7. The van der Waals surface area contributed by atoms with Crippen molar-refractivity contribution in [1.82, 2.24) is 15.0 Å². The first kappa shape index (κ1) is 19.6. The summed E-state index contributed by atoms with van der Waals surface area (Å²) in [5.41, 5.74) is -1.09. The van der Waals surface area contributed by atoms with Gasteiger partial charge in [0.1, 0.15) is 18.0 Å². The topological polar surface area (TPSA) is 57.6 Å². The Morgan fingerprint density at radius 1 is 0.793 bits per heavy atom. The number of morpholine rings is 1. The lowest BCUT2D eigenvalue weighted by Gasteiger charge is -2.36. The van der Waals surface area contributed by atoms with Crippen molar-refractivity contribution in [2.45, 2.75) is 6.18 Å². The highest BCUT2D eigenvalue weighted by Gasteiger charge is 2.32. The summed E-state index contributed by atoms with van der Waals surface area (Å²) in [6.07, 6.45) is -2.43. The van der Waals surface area contributed by atoms with Crippen molar-refractivity contribution in [3.8, 4) is 0 Å². The predicted octanol–water partition coefficient (Wildman–Crippen LogP) is 2.19. The standard InChI is InChI=1S/C18H20F4N6O/c19-14-9-13(18(20,21)22)11-23-17(14)28-3-1-26(2-4-28)15-10-16(25-12-24-15)27-5-7-29-8-6-27/h9-12H,1-8H2. The molecule has 0 unspecified atom stereocenters. The fourth-order valence-electron chi connectivity index (χ4n) is 3.44. The lowest BCUT2D eigenvalue weighted by molar-refractivity contribution is -0.138. The van der Waals surface area contributed by atoms with E-state index in [0.29, 0.717) is 51.7 Å². The number of aromatic nitrogens is 3. The molecule has 0 amide bonds. The minimum atomic E-state index is -4.61. The zero-order valence-corrected chi connectivity index (χ0v) is 15.6. The summed E-state index contributed by atoms with van der Waals surface area (Å²) in [4.78, 5) is 18.2. The molecule has 2 fully saturated rings. The molecular weight excluding hydrogens is 392 g/mol. The van der Waals surface area contributed by atoms with Crippen LogP contribution in [0, 0.1) is 5.82 Å². The molecule has 2 aromatic rings. The molecule has 0 spiro atoms. The van der Waals surface area contributed by atoms with E-state index < -0.39 is 17.6 Å². The third kappa shape index (κ3) is 4.34. The summed E-state index contributed by atoms with van der Waals surface area (Å²) < 4.78 is 57.6. The molecule has 0 N–H and O–H groups in total. The van der Waals surface area contributed by atoms with Crippen LogP contribution in [0.2, 0.25) is 0 Å². The van der Waals surface area contributed by atoms with E-state index in [1.165, 1.54) is 6.33 Å². The Morgan fingerprint density at radius 3 is 1.97 bits per heavy atom. The molecule has 4 rings (SSSR count). The Hall–Kier alpha value is -2.69. The average Bonchev–Trinajstić information content (AvgIpc) is 2.74. The van der Waals surface area contributed by atoms with E-state index in [4.69, 9.17) is 4.74 Å². The van der Waals surface area contributed by atoms with Gasteiger partial charge in [0.2, 0.25) is 0 Å². The van der Waals surface area contributed by atoms with E-state index in [1.807, 2.05) is 11.0 Å². The SMILES string of the molecule is Fc1cc(C(F)(F)F)cnc1N1CCN(c2cc(N3CCOCC3)ncn2)CC1. The molecule has 2 aromatic heterocycles. The molecule has 2 aliphatic heterocycles. The molecule has 7 nitrogen and oxygen atoms in total. The normalized spacial score (nSPS) is 18.3. The Bertz CT molecular complexity index is 850. The number of hydrogen-bond donors (Lipinski definition) is 0. The maximum absolute atomic E-state index is 14.2. The third-order valence-corrected chi connectivity index (χ3v) is 5.03. The molecule has 0 radical (unpaired) electrons. The van der Waals surface area contributed by atoms with Crippen molar-refractivity contribution >= 4 is 17.5 Å². The van der Waals surface area contributed by atoms with Gasteiger partial charge < -0.3 is 19.4 Å². The Balaban J connectivity index is 1.42. The molecule has 0 saturated carbocycles. The van der Waals surface area contributed by atoms with Gasteiger partial charge in [0, 0.05) is 51.5 Å². The van der Waals surface area contributed by atoms with Gasteiger partial charge in [0.05, 0.1) is 18.8 Å². The van der Waals surface area contributed by atoms with Crippen molar-refractivity contribution in [2.24, 2.45) is 0 Å². The highest BCUT2D eigenvalue weighted by molar-refractivity contribution is 5.52. The fourth-order valence-corrected chi connectivity index (χ4v) is 3.44. The predicted molar refractivity (Wildman–Crippen MR) is 98.7 cm³/mol. The largest absolute Gasteiger partial charge is 0.417 e. The number of anilines is 3. The van der Waals surface area contributed by atoms with Crippen LogP contribution in [0.25, 0.3) is 0 Å². The summed E-state index contributed by atoms with van der Waals surface area (Å²) in [5.74, 6) is 0.567. The van der Waals surface area contributed by atoms with Crippen LogP contribution in [-0.4, -0.2) is 67.4 Å². The number of ether oxygens (including phenoxy) is 1. The zero-order chi connectivity index (χ0) is 20.4. The molecule has 156 valence electrons. The van der Waals surface area contributed by atoms with Crippen LogP contribution in [0.1, 0.15) is 5.56 Å². The Morgan fingerprint density at radius 2 is 1.38 bits per heavy atom. The van der Waals surface area contributed by atoms with Gasteiger partial charge in [-0.3, -0.25) is 0 Å². The van der Waals surface area contributed by atoms with Gasteiger partial charge in [0.25, 0.3) is 0 Å². The van der Waals surface area contributed by atoms with Crippen LogP contribution < -0.4 is 14.7 Å². The molecule has 2 saturated heterocycles. The number of halogens is 4. The molecule has 4 heterocycles. The number of rotatable bonds is 3. The van der Waals surface area contributed by atoms with Gasteiger partial charge in [-0.1, -0.05) is 0 Å². The zero-order valence-electron chi connectivity index (χ0n) is 15.6. The number of alkyl halides is 3. The summed E-state index contributed by atoms with van der Waals surface area (Å²) in [7, 11) is 0. The summed E-state index contributed by atoms with van der Waals surface area (Å²) in [6, 6.07) is 2.41. The average molecular weight is 412 g/mol. The monoisotopic (exact) mass is 412 g/mol. The number of piperazine rings is 1. The first-order valence-corrected chi connectivity index (χ1v) is 9.29. The van der Waals surface area contributed by atoms with Crippen molar-refractivity contribution in [3.05, 3.63) is 36.0 Å². The second kappa shape index (κ2) is 7.97. The van der Waals surface area contributed by atoms with E-state index in [1.54, 1.807) is 4.90 Å². The highest BCUT2D eigenvalue weighted by atomic mass is 19.4. The lowest BCUT2D eigenvalue weighted by Crippen LogP contribution is -2.47.